The van der Waals surface area contributed by atoms with Gasteiger partial charge in [0, 0.05) is 117 Å². The smallest absolute Gasteiger partial charge is 0.322 e. The predicted molar refractivity (Wildman–Crippen MR) is 325 cm³/mol. The van der Waals surface area contributed by atoms with Crippen LogP contribution in [0.4, 0.5) is 0 Å². The van der Waals surface area contributed by atoms with E-state index in [2.05, 4.69) is 27.1 Å². The molecule has 4 unspecified atom stereocenters. The highest BCUT2D eigenvalue weighted by Gasteiger charge is 2.27. The van der Waals surface area contributed by atoms with Crippen LogP contribution in [0.5, 0.6) is 0 Å². The van der Waals surface area contributed by atoms with Crippen LogP contribution in [0.15, 0.2) is 0 Å². The van der Waals surface area contributed by atoms with Crippen molar-refractivity contribution in [2.45, 2.75) is 151 Å². The van der Waals surface area contributed by atoms with Crippen LogP contribution in [0.2, 0.25) is 0 Å². The van der Waals surface area contributed by atoms with Gasteiger partial charge < -0.3 is 119 Å². The van der Waals surface area contributed by atoms with Gasteiger partial charge in [-0.1, -0.05) is 13.8 Å². The van der Waals surface area contributed by atoms with Gasteiger partial charge in [-0.15, -0.1) is 0 Å². The molecule has 0 bridgehead atoms. The van der Waals surface area contributed by atoms with E-state index in [1.54, 1.807) is 13.8 Å². The van der Waals surface area contributed by atoms with Crippen LogP contribution in [-0.2, 0) is 47.9 Å². The number of nitrogens with one attached hydrogen (secondary N) is 5. The van der Waals surface area contributed by atoms with Crippen LogP contribution in [-0.4, -0.2) is 318 Å². The fourth-order valence-corrected chi connectivity index (χ4v) is 6.69. The standard InChI is InChI=1S/C10H22N4O5.3C10H22N4O4.C9H20N4O5/c1-14(4-10(18)19)13-9(17)3-6(11)2-8(16)7(12)5-15;1-6(8(12)3-7(15)4-11)10(18)13-14(2)5-9(16)17;1-6(10(17)18)14(2)13-9(16)4-7(12)3-8(15)5-11;1-2-14(6-10(17)18)13-9(16)4-7(12)3-8(15)5-11;1-13(4-8(16)17)12-7(15)2-5(11)9(18)6(14)3-10/h6-8,15-16H,2-5,11-12H2,1H3,(H,13,17)(H,18,19);6-8,15H,3-5,11-12H2,1-2H3,(H,13,18)(H,16,17);6-8,15H,3-5,11-12H2,1-2H3,(H,13,16)(H,17,18);7-8,15H,2-6,11-12H2,1H3,(H,13,16)(H,17,18);5-6,9,14,18H,2-4,10-11H2,1H3,(H,12,15)(H,16,17)/t6-,7?,8-;2*6?,7-,8-;7-,8-;5-,6-,9?/m11110/s1. The maximum absolute atomic E-state index is 11.7. The SMILES string of the molecule is CC(C(=O)NN(C)CC(=O)O)[C@H](N)C[C@@H](O)CN.CC(C(=O)O)N(C)NC(=O)C[C@H](N)C[C@@H](O)CN.CCN(CC(=O)O)NC(=O)C[C@H](N)C[C@@H](O)CN.CN(CC(=O)O)NC(=O)C[C@H](N)C(O)[C@@H](O)CN.CN(CC(=O)O)NC(=O)C[C@H](N)C[C@@H](O)C(N)CO. The third-order valence-electron chi connectivity index (χ3n) is 11.9. The van der Waals surface area contributed by atoms with Gasteiger partial charge in [0.25, 0.3) is 0 Å². The van der Waals surface area contributed by atoms with Crippen LogP contribution in [0.25, 0.3) is 0 Å². The minimum Gasteiger partial charge on any atom is -0.480 e. The van der Waals surface area contributed by atoms with Gasteiger partial charge in [-0.05, 0) is 32.6 Å². The molecule has 5 amide bonds. The molecule has 91 heavy (non-hydrogen) atoms. The number of aliphatic hydroxyl groups is 7. The zero-order valence-electron chi connectivity index (χ0n) is 52.8. The number of carboxylic acids is 5. The molecule has 0 heterocycles. The average molecular weight is 1330 g/mol. The third-order valence-corrected chi connectivity index (χ3v) is 11.9. The van der Waals surface area contributed by atoms with E-state index in [4.69, 9.17) is 88.0 Å². The Labute approximate surface area is 527 Å². The predicted octanol–water partition coefficient (Wildman–Crippen LogP) is -13.3. The summed E-state index contributed by atoms with van der Waals surface area (Å²) >= 11 is 0. The molecule has 0 saturated heterocycles. The molecule has 0 aliphatic heterocycles. The first kappa shape index (κ1) is 93.5. The van der Waals surface area contributed by atoms with E-state index < -0.39 is 138 Å². The summed E-state index contributed by atoms with van der Waals surface area (Å²) in [6, 6.07) is -4.82. The molecule has 0 aromatic carbocycles. The lowest BCUT2D eigenvalue weighted by molar-refractivity contribution is -0.145. The molecule has 0 aromatic heterocycles. The second-order valence-electron chi connectivity index (χ2n) is 20.9. The van der Waals surface area contributed by atoms with Crippen molar-refractivity contribution in [1.29, 1.82) is 0 Å². The number of nitrogens with two attached hydrogens (primary N) is 10. The first-order valence-corrected chi connectivity index (χ1v) is 28.2. The molecule has 42 nitrogen and oxygen atoms in total. The van der Waals surface area contributed by atoms with Gasteiger partial charge in [0.05, 0.1) is 55.2 Å². The number of nitrogens with zero attached hydrogens (tertiary/aromatic N) is 5. The number of carboxylic acid groups (broad SMARTS) is 5. The minimum absolute atomic E-state index is 0.00621. The second-order valence-corrected chi connectivity index (χ2v) is 20.9. The summed E-state index contributed by atoms with van der Waals surface area (Å²) in [5.74, 6) is -8.03. The number of rotatable bonds is 42. The van der Waals surface area contributed by atoms with Crippen molar-refractivity contribution in [3.63, 3.8) is 0 Å². The molecule has 0 aliphatic rings. The normalized spacial score (nSPS) is 15.7. The Hall–Kier alpha value is -6.18. The number of aliphatic carboxylic acids is 5. The lowest BCUT2D eigenvalue weighted by Crippen LogP contribution is -2.50. The summed E-state index contributed by atoms with van der Waals surface area (Å²) in [6.07, 6.45) is -5.32. The Balaban J connectivity index is -0.000000339. The minimum atomic E-state index is -1.31. The molecule has 536 valence electrons. The van der Waals surface area contributed by atoms with Gasteiger partial charge in [0.15, 0.2) is 0 Å². The Morgan fingerprint density at radius 2 is 0.780 bits per heavy atom. The van der Waals surface area contributed by atoms with Crippen LogP contribution in [0.1, 0.15) is 72.1 Å². The summed E-state index contributed by atoms with van der Waals surface area (Å²) in [5, 5.41) is 113. The first-order valence-electron chi connectivity index (χ1n) is 28.2. The fraction of sp³-hybridized carbons (Fsp3) is 0.796. The summed E-state index contributed by atoms with van der Waals surface area (Å²) < 4.78 is 0. The van der Waals surface area contributed by atoms with Crippen molar-refractivity contribution >= 4 is 59.4 Å². The van der Waals surface area contributed by atoms with Crippen molar-refractivity contribution in [2.24, 2.45) is 63.3 Å². The summed E-state index contributed by atoms with van der Waals surface area (Å²) in [4.78, 5) is 110. The van der Waals surface area contributed by atoms with E-state index in [1.165, 1.54) is 45.1 Å². The fourth-order valence-electron chi connectivity index (χ4n) is 6.69. The van der Waals surface area contributed by atoms with Crippen molar-refractivity contribution in [1.82, 2.24) is 52.2 Å². The lowest BCUT2D eigenvalue weighted by atomic mass is 9.96. The number of aliphatic hydroxyl groups excluding tert-OH is 7. The topological polar surface area (TPSA) is 750 Å². The van der Waals surface area contributed by atoms with Gasteiger partial charge in [-0.3, -0.25) is 75.1 Å². The Kier molecular flexibility index (Phi) is 54.8. The Morgan fingerprint density at radius 1 is 0.429 bits per heavy atom. The molecule has 0 spiro atoms. The number of hydrazine groups is 5. The maximum Gasteiger partial charge on any atom is 0.322 e. The van der Waals surface area contributed by atoms with Crippen molar-refractivity contribution in [3.8, 4) is 0 Å². The number of hydrogen-bond donors (Lipinski definition) is 27. The summed E-state index contributed by atoms with van der Waals surface area (Å²) in [7, 11) is 5.69. The van der Waals surface area contributed by atoms with Crippen LogP contribution in [0, 0.1) is 5.92 Å². The zero-order chi connectivity index (χ0) is 72.0. The third kappa shape index (κ3) is 54.1. The second kappa shape index (κ2) is 53.3. The lowest BCUT2D eigenvalue weighted by Gasteiger charge is -2.24. The van der Waals surface area contributed by atoms with E-state index >= 15 is 0 Å². The quantitative estimate of drug-likeness (QED) is 0.0252. The number of amides is 5. The van der Waals surface area contributed by atoms with Gasteiger partial charge >= 0.3 is 29.8 Å². The molecular weight excluding hydrogens is 1220 g/mol. The molecule has 14 atom stereocenters. The molecule has 0 radical (unpaired) electrons. The van der Waals surface area contributed by atoms with Gasteiger partial charge in [-0.2, -0.15) is 0 Å². The molecule has 37 N–H and O–H groups in total. The molecule has 0 saturated carbocycles. The van der Waals surface area contributed by atoms with Gasteiger partial charge in [0.2, 0.25) is 29.5 Å². The summed E-state index contributed by atoms with van der Waals surface area (Å²) in [6.45, 7) is 3.59. The zero-order valence-corrected chi connectivity index (χ0v) is 52.8. The van der Waals surface area contributed by atoms with Crippen molar-refractivity contribution < 1.29 is 109 Å². The molecule has 0 rings (SSSR count). The average Bonchev–Trinajstić information content (AvgIpc) is 2.69. The number of likely N-dealkylation sites (N-methyl/N-ethyl adjacent to an activating group) is 5. The first-order chi connectivity index (χ1) is 42.0. The largest absolute Gasteiger partial charge is 0.480 e. The molecule has 0 aromatic rings. The Bertz CT molecular complexity index is 2050. The monoisotopic (exact) mass is 1330 g/mol. The Morgan fingerprint density at radius 3 is 1.13 bits per heavy atom. The molecule has 0 aliphatic carbocycles. The van der Waals surface area contributed by atoms with Gasteiger partial charge in [0.1, 0.15) is 32.2 Å². The molecular formula is C49H108N20O22. The van der Waals surface area contributed by atoms with E-state index in [1.807, 2.05) is 0 Å². The van der Waals surface area contributed by atoms with Crippen LogP contribution < -0.4 is 84.5 Å². The van der Waals surface area contributed by atoms with E-state index in [0.29, 0.717) is 6.54 Å². The highest BCUT2D eigenvalue weighted by atomic mass is 16.4. The van der Waals surface area contributed by atoms with Crippen molar-refractivity contribution in [3.05, 3.63) is 0 Å². The highest BCUT2D eigenvalue weighted by Crippen LogP contribution is 2.08. The number of carbonyl (C=O) groups excluding carboxylic acids is 5. The summed E-state index contributed by atoms with van der Waals surface area (Å²) in [5.41, 5.74) is 66.3. The number of carbonyl (C=O) groups is 10. The van der Waals surface area contributed by atoms with Gasteiger partial charge in [-0.25, -0.2) is 25.0 Å². The van der Waals surface area contributed by atoms with E-state index in [-0.39, 0.29) is 116 Å². The van der Waals surface area contributed by atoms with E-state index in [0.717, 1.165) is 15.0 Å². The highest BCUT2D eigenvalue weighted by molar-refractivity contribution is 5.80. The maximum atomic E-state index is 11.7. The number of hydrogen-bond acceptors (Lipinski definition) is 32. The van der Waals surface area contributed by atoms with Crippen LogP contribution in [0.3, 0.4) is 0 Å². The molecule has 42 heteroatoms. The van der Waals surface area contributed by atoms with Crippen LogP contribution >= 0.6 is 0 Å². The molecule has 0 fully saturated rings. The van der Waals surface area contributed by atoms with Crippen molar-refractivity contribution in [2.75, 3.05) is 93.7 Å². The van der Waals surface area contributed by atoms with E-state index in [9.17, 15) is 78.6 Å².